The lowest BCUT2D eigenvalue weighted by molar-refractivity contribution is -0.137. The van der Waals surface area contributed by atoms with Crippen molar-refractivity contribution in [3.05, 3.63) is 114 Å². The summed E-state index contributed by atoms with van der Waals surface area (Å²) < 4.78 is 79.3. The lowest BCUT2D eigenvalue weighted by atomic mass is 10.1. The molecule has 0 aromatic heterocycles. The number of ether oxygens (including phenoxy) is 2. The summed E-state index contributed by atoms with van der Waals surface area (Å²) in [4.78, 5) is 25.9. The Morgan fingerprint density at radius 2 is 1.50 bits per heavy atom. The average Bonchev–Trinajstić information content (AvgIpc) is 3.02. The van der Waals surface area contributed by atoms with E-state index in [9.17, 15) is 31.2 Å². The van der Waals surface area contributed by atoms with Gasteiger partial charge in [0.15, 0.2) is 11.5 Å². The Morgan fingerprint density at radius 3 is 2.18 bits per heavy atom. The number of nitrogens with zero attached hydrogens (tertiary/aromatic N) is 1. The Hall–Kier alpha value is -5.04. The molecule has 2 N–H and O–H groups in total. The van der Waals surface area contributed by atoms with Crippen molar-refractivity contribution < 1.29 is 40.7 Å². The maximum absolute atomic E-state index is 13.8. The number of nitrogens with one attached hydrogen (secondary N) is 2. The topological polar surface area (TPSA) is 114 Å². The third-order valence-corrected chi connectivity index (χ3v) is 8.20. The van der Waals surface area contributed by atoms with Crippen molar-refractivity contribution in [1.29, 1.82) is 0 Å². The summed E-state index contributed by atoms with van der Waals surface area (Å²) >= 11 is 0. The molecular weight excluding hydrogens is 599 g/mol. The maximum atomic E-state index is 13.8. The molecule has 4 aromatic carbocycles. The summed E-state index contributed by atoms with van der Waals surface area (Å²) in [5.74, 6) is -1.14. The predicted octanol–water partition coefficient (Wildman–Crippen LogP) is 5.49. The first-order chi connectivity index (χ1) is 20.9. The van der Waals surface area contributed by atoms with Crippen molar-refractivity contribution >= 4 is 33.2 Å². The summed E-state index contributed by atoms with van der Waals surface area (Å²) in [6, 6.07) is 22.5. The highest BCUT2D eigenvalue weighted by atomic mass is 32.2. The quantitative estimate of drug-likeness (QED) is 0.228. The second-order valence-electron chi connectivity index (χ2n) is 9.34. The van der Waals surface area contributed by atoms with Gasteiger partial charge in [-0.25, -0.2) is 8.42 Å². The Balaban J connectivity index is 1.66. The summed E-state index contributed by atoms with van der Waals surface area (Å²) in [5, 5.41) is 5.28. The van der Waals surface area contributed by atoms with Gasteiger partial charge in [-0.2, -0.15) is 13.2 Å². The zero-order valence-corrected chi connectivity index (χ0v) is 24.4. The van der Waals surface area contributed by atoms with E-state index in [1.54, 1.807) is 12.1 Å². The number of halogens is 3. The summed E-state index contributed by atoms with van der Waals surface area (Å²) in [6.45, 7) is -0.702. The molecular formula is C31H28F3N3O6S. The molecule has 0 aliphatic carbocycles. The zero-order valence-electron chi connectivity index (χ0n) is 23.6. The van der Waals surface area contributed by atoms with Crippen LogP contribution in [-0.4, -0.2) is 41.0 Å². The fourth-order valence-electron chi connectivity index (χ4n) is 4.24. The van der Waals surface area contributed by atoms with Gasteiger partial charge in [0.25, 0.3) is 15.9 Å². The van der Waals surface area contributed by atoms with Crippen LogP contribution in [0.4, 0.5) is 24.5 Å². The molecule has 13 heteroatoms. The van der Waals surface area contributed by atoms with Crippen molar-refractivity contribution in [1.82, 2.24) is 5.32 Å². The van der Waals surface area contributed by atoms with Crippen molar-refractivity contribution in [2.24, 2.45) is 0 Å². The predicted molar refractivity (Wildman–Crippen MR) is 158 cm³/mol. The van der Waals surface area contributed by atoms with Crippen molar-refractivity contribution in [2.75, 3.05) is 30.4 Å². The molecule has 0 heterocycles. The minimum Gasteiger partial charge on any atom is -0.493 e. The molecule has 44 heavy (non-hydrogen) atoms. The largest absolute Gasteiger partial charge is 0.493 e. The molecule has 0 atom stereocenters. The highest BCUT2D eigenvalue weighted by molar-refractivity contribution is 7.92. The molecule has 0 saturated heterocycles. The average molecular weight is 628 g/mol. The molecule has 0 fully saturated rings. The van der Waals surface area contributed by atoms with Crippen molar-refractivity contribution in [3.63, 3.8) is 0 Å². The second-order valence-corrected chi connectivity index (χ2v) is 11.2. The second kappa shape index (κ2) is 13.5. The lowest BCUT2D eigenvalue weighted by Crippen LogP contribution is -2.38. The number of rotatable bonds is 11. The number of alkyl halides is 3. The van der Waals surface area contributed by atoms with Gasteiger partial charge in [-0.15, -0.1) is 0 Å². The molecule has 0 radical (unpaired) electrons. The monoisotopic (exact) mass is 627 g/mol. The number of hydrogen-bond donors (Lipinski definition) is 2. The number of methoxy groups -OCH3 is 2. The number of para-hydroxylation sites is 1. The minimum atomic E-state index is -4.77. The smallest absolute Gasteiger partial charge is 0.416 e. The third-order valence-electron chi connectivity index (χ3n) is 6.43. The molecule has 4 rings (SSSR count). The highest BCUT2D eigenvalue weighted by Crippen LogP contribution is 2.35. The maximum Gasteiger partial charge on any atom is 0.416 e. The van der Waals surface area contributed by atoms with E-state index in [4.69, 9.17) is 9.47 Å². The van der Waals surface area contributed by atoms with Crippen LogP contribution in [0, 0.1) is 0 Å². The summed E-state index contributed by atoms with van der Waals surface area (Å²) in [5.41, 5.74) is -0.484. The van der Waals surface area contributed by atoms with E-state index in [0.29, 0.717) is 10.4 Å². The SMILES string of the molecule is COc1ccc(S(=O)(=O)N(CC(=O)Nc2ccccc2C(=O)NCc2ccccc2)c2cccc(C(F)(F)F)c2)cc1OC. The number of carbonyl (C=O) groups is 2. The van der Waals surface area contributed by atoms with E-state index >= 15 is 0 Å². The van der Waals surface area contributed by atoms with Gasteiger partial charge in [-0.1, -0.05) is 48.5 Å². The van der Waals surface area contributed by atoms with Gasteiger partial charge in [-0.3, -0.25) is 13.9 Å². The van der Waals surface area contributed by atoms with Crippen LogP contribution in [0.3, 0.4) is 0 Å². The Labute approximate surface area is 252 Å². The van der Waals surface area contributed by atoms with Crippen LogP contribution < -0.4 is 24.4 Å². The van der Waals surface area contributed by atoms with Crippen LogP contribution in [0.5, 0.6) is 11.5 Å². The molecule has 0 aliphatic heterocycles. The molecule has 0 aliphatic rings. The minimum absolute atomic E-state index is 0.0532. The van der Waals surface area contributed by atoms with Crippen LogP contribution in [0.2, 0.25) is 0 Å². The van der Waals surface area contributed by atoms with Gasteiger partial charge >= 0.3 is 6.18 Å². The number of sulfonamides is 1. The number of hydrogen-bond acceptors (Lipinski definition) is 6. The van der Waals surface area contributed by atoms with Crippen molar-refractivity contribution in [2.45, 2.75) is 17.6 Å². The van der Waals surface area contributed by atoms with Crippen LogP contribution >= 0.6 is 0 Å². The highest BCUT2D eigenvalue weighted by Gasteiger charge is 2.34. The van der Waals surface area contributed by atoms with E-state index in [1.165, 1.54) is 38.5 Å². The Morgan fingerprint density at radius 1 is 0.818 bits per heavy atom. The third kappa shape index (κ3) is 7.48. The first-order valence-electron chi connectivity index (χ1n) is 13.1. The first kappa shape index (κ1) is 31.9. The van der Waals surface area contributed by atoms with E-state index < -0.39 is 45.8 Å². The van der Waals surface area contributed by atoms with Crippen LogP contribution in [0.1, 0.15) is 21.5 Å². The first-order valence-corrected chi connectivity index (χ1v) is 14.5. The Bertz CT molecular complexity index is 1750. The fourth-order valence-corrected chi connectivity index (χ4v) is 5.67. The van der Waals surface area contributed by atoms with Crippen LogP contribution in [-0.2, 0) is 27.5 Å². The van der Waals surface area contributed by atoms with E-state index in [-0.39, 0.29) is 34.2 Å². The summed E-state index contributed by atoms with van der Waals surface area (Å²) in [7, 11) is -1.99. The molecule has 230 valence electrons. The van der Waals surface area contributed by atoms with Gasteiger partial charge in [-0.05, 0) is 48.0 Å². The van der Waals surface area contributed by atoms with Gasteiger partial charge in [0.05, 0.1) is 41.6 Å². The molecule has 0 spiro atoms. The molecule has 0 unspecified atom stereocenters. The van der Waals surface area contributed by atoms with E-state index in [0.717, 1.165) is 29.8 Å². The summed E-state index contributed by atoms with van der Waals surface area (Å²) in [6.07, 6.45) is -4.77. The van der Waals surface area contributed by atoms with E-state index in [1.807, 2.05) is 30.3 Å². The van der Waals surface area contributed by atoms with Gasteiger partial charge in [0, 0.05) is 12.6 Å². The van der Waals surface area contributed by atoms with Gasteiger partial charge in [0.2, 0.25) is 5.91 Å². The normalized spacial score (nSPS) is 11.4. The molecule has 0 saturated carbocycles. The standard InChI is InChI=1S/C31H28F3N3O6S/c1-42-27-16-15-24(18-28(27)43-2)44(40,41)37(23-12-8-11-22(17-23)31(32,33)34)20-29(38)36-26-14-7-6-13-25(26)30(39)35-19-21-9-4-3-5-10-21/h3-18H,19-20H2,1-2H3,(H,35,39)(H,36,38). The lowest BCUT2D eigenvalue weighted by Gasteiger charge is -2.25. The van der Waals surface area contributed by atoms with Crippen LogP contribution in [0.15, 0.2) is 102 Å². The molecule has 0 bridgehead atoms. The van der Waals surface area contributed by atoms with Gasteiger partial charge < -0.3 is 20.1 Å². The number of anilines is 2. The fraction of sp³-hybridized carbons (Fsp3) is 0.161. The van der Waals surface area contributed by atoms with E-state index in [2.05, 4.69) is 10.6 Å². The van der Waals surface area contributed by atoms with Crippen LogP contribution in [0.25, 0.3) is 0 Å². The molecule has 9 nitrogen and oxygen atoms in total. The van der Waals surface area contributed by atoms with Gasteiger partial charge in [0.1, 0.15) is 6.54 Å². The number of benzene rings is 4. The number of amides is 2. The molecule has 2 amide bonds. The van der Waals surface area contributed by atoms with Crippen molar-refractivity contribution in [3.8, 4) is 11.5 Å². The number of carbonyl (C=O) groups excluding carboxylic acids is 2. The Kier molecular flexibility index (Phi) is 9.79. The molecule has 4 aromatic rings. The zero-order chi connectivity index (χ0) is 31.9.